The van der Waals surface area contributed by atoms with E-state index in [1.807, 2.05) is 0 Å². The van der Waals surface area contributed by atoms with E-state index in [2.05, 4.69) is 30.9 Å². The lowest BCUT2D eigenvalue weighted by Crippen LogP contribution is -2.02. The lowest BCUT2D eigenvalue weighted by atomic mass is 10.4. The Hall–Kier alpha value is -1.02. The topological polar surface area (TPSA) is 38.7 Å². The minimum absolute atomic E-state index is 0.357. The van der Waals surface area contributed by atoms with Crippen LogP contribution >= 0.6 is 27.3 Å². The molecule has 0 aliphatic rings. The highest BCUT2D eigenvalue weighted by Gasteiger charge is 2.34. The molecule has 0 N–H and O–H groups in total. The van der Waals surface area contributed by atoms with Crippen LogP contribution in [0.3, 0.4) is 0 Å². The standard InChI is InChI=1S/C8H3BrF3N3S/c9-6-1-4(14-3-15-6)5-2-13-7(16-5)8(10,11)12/h1-3H. The quantitative estimate of drug-likeness (QED) is 0.758. The van der Waals surface area contributed by atoms with Gasteiger partial charge in [0.15, 0.2) is 5.01 Å². The first-order chi connectivity index (χ1) is 7.47. The van der Waals surface area contributed by atoms with Crippen molar-refractivity contribution in [2.75, 3.05) is 0 Å². The van der Waals surface area contributed by atoms with Crippen molar-refractivity contribution in [3.8, 4) is 10.6 Å². The van der Waals surface area contributed by atoms with E-state index < -0.39 is 11.2 Å². The maximum Gasteiger partial charge on any atom is 0.443 e. The molecule has 0 aliphatic carbocycles. The molecule has 0 aromatic carbocycles. The van der Waals surface area contributed by atoms with Gasteiger partial charge in [-0.3, -0.25) is 0 Å². The molecule has 2 rings (SSSR count). The van der Waals surface area contributed by atoms with Crippen LogP contribution in [0.5, 0.6) is 0 Å². The summed E-state index contributed by atoms with van der Waals surface area (Å²) in [5.74, 6) is 0. The van der Waals surface area contributed by atoms with Crippen LogP contribution in [0.15, 0.2) is 23.2 Å². The van der Waals surface area contributed by atoms with Crippen molar-refractivity contribution < 1.29 is 13.2 Å². The van der Waals surface area contributed by atoms with Crippen molar-refractivity contribution in [3.63, 3.8) is 0 Å². The molecule has 0 spiro atoms. The Morgan fingerprint density at radius 2 is 1.94 bits per heavy atom. The summed E-state index contributed by atoms with van der Waals surface area (Å²) in [6.07, 6.45) is -1.98. The fraction of sp³-hybridized carbons (Fsp3) is 0.125. The van der Waals surface area contributed by atoms with Crippen LogP contribution in [-0.4, -0.2) is 15.0 Å². The smallest absolute Gasteiger partial charge is 0.240 e. The number of rotatable bonds is 1. The van der Waals surface area contributed by atoms with Crippen molar-refractivity contribution >= 4 is 27.3 Å². The van der Waals surface area contributed by atoms with Crippen LogP contribution in [0, 0.1) is 0 Å². The van der Waals surface area contributed by atoms with Gasteiger partial charge in [-0.1, -0.05) is 0 Å². The van der Waals surface area contributed by atoms with Gasteiger partial charge in [-0.05, 0) is 22.0 Å². The molecule has 84 valence electrons. The lowest BCUT2D eigenvalue weighted by molar-refractivity contribution is -0.137. The fourth-order valence-electron chi connectivity index (χ4n) is 0.992. The van der Waals surface area contributed by atoms with Crippen LogP contribution < -0.4 is 0 Å². The number of hydrogen-bond donors (Lipinski definition) is 0. The van der Waals surface area contributed by atoms with Crippen molar-refractivity contribution in [3.05, 3.63) is 28.2 Å². The molecule has 0 aliphatic heterocycles. The highest BCUT2D eigenvalue weighted by Crippen LogP contribution is 2.35. The lowest BCUT2D eigenvalue weighted by Gasteiger charge is -1.99. The number of thiazole rings is 1. The van der Waals surface area contributed by atoms with E-state index in [0.29, 0.717) is 26.5 Å². The number of nitrogens with zero attached hydrogens (tertiary/aromatic N) is 3. The van der Waals surface area contributed by atoms with Gasteiger partial charge in [-0.15, -0.1) is 11.3 Å². The van der Waals surface area contributed by atoms with Gasteiger partial charge in [0, 0.05) is 6.20 Å². The van der Waals surface area contributed by atoms with Gasteiger partial charge in [0.25, 0.3) is 0 Å². The van der Waals surface area contributed by atoms with Crippen molar-refractivity contribution in [1.82, 2.24) is 15.0 Å². The van der Waals surface area contributed by atoms with Gasteiger partial charge in [0.2, 0.25) is 0 Å². The maximum atomic E-state index is 12.3. The summed E-state index contributed by atoms with van der Waals surface area (Å²) >= 11 is 3.67. The second-order valence-corrected chi connectivity index (χ2v) is 4.60. The molecule has 0 fully saturated rings. The fourth-order valence-corrected chi connectivity index (χ4v) is 2.05. The van der Waals surface area contributed by atoms with E-state index in [9.17, 15) is 13.2 Å². The molecule has 2 heterocycles. The molecule has 0 saturated carbocycles. The Morgan fingerprint density at radius 1 is 1.19 bits per heavy atom. The Morgan fingerprint density at radius 3 is 2.50 bits per heavy atom. The third-order valence-electron chi connectivity index (χ3n) is 1.63. The first-order valence-corrected chi connectivity index (χ1v) is 5.59. The van der Waals surface area contributed by atoms with Crippen LogP contribution in [-0.2, 0) is 6.18 Å². The van der Waals surface area contributed by atoms with E-state index in [0.717, 1.165) is 6.20 Å². The Balaban J connectivity index is 2.39. The molecular formula is C8H3BrF3N3S. The number of alkyl halides is 3. The monoisotopic (exact) mass is 309 g/mol. The van der Waals surface area contributed by atoms with Crippen LogP contribution in [0.2, 0.25) is 0 Å². The summed E-state index contributed by atoms with van der Waals surface area (Å²) in [4.78, 5) is 11.3. The van der Waals surface area contributed by atoms with Crippen LogP contribution in [0.25, 0.3) is 10.6 Å². The summed E-state index contributed by atoms with van der Waals surface area (Å²) in [5, 5.41) is -0.878. The normalized spacial score (nSPS) is 11.8. The zero-order valence-electron chi connectivity index (χ0n) is 7.49. The summed E-state index contributed by atoms with van der Waals surface area (Å²) in [7, 11) is 0. The highest BCUT2D eigenvalue weighted by molar-refractivity contribution is 9.10. The van der Waals surface area contributed by atoms with E-state index in [1.54, 1.807) is 0 Å². The molecule has 0 bridgehead atoms. The third kappa shape index (κ3) is 2.38. The minimum Gasteiger partial charge on any atom is -0.240 e. The first-order valence-electron chi connectivity index (χ1n) is 3.98. The SMILES string of the molecule is FC(F)(F)c1ncc(-c2cc(Br)ncn2)s1. The molecule has 0 saturated heterocycles. The maximum absolute atomic E-state index is 12.3. The van der Waals surface area contributed by atoms with Gasteiger partial charge in [0.05, 0.1) is 10.6 Å². The summed E-state index contributed by atoms with van der Waals surface area (Å²) in [5.41, 5.74) is 0.412. The molecule has 2 aromatic heterocycles. The zero-order valence-corrected chi connectivity index (χ0v) is 9.90. The van der Waals surface area contributed by atoms with E-state index in [1.165, 1.54) is 12.4 Å². The Labute approximate surface area is 101 Å². The molecule has 0 unspecified atom stereocenters. The molecule has 3 nitrogen and oxygen atoms in total. The molecule has 16 heavy (non-hydrogen) atoms. The average molecular weight is 310 g/mol. The number of aromatic nitrogens is 3. The van der Waals surface area contributed by atoms with E-state index in [-0.39, 0.29) is 0 Å². The highest BCUT2D eigenvalue weighted by atomic mass is 79.9. The van der Waals surface area contributed by atoms with Crippen LogP contribution in [0.4, 0.5) is 13.2 Å². The number of hydrogen-bond acceptors (Lipinski definition) is 4. The second-order valence-electron chi connectivity index (χ2n) is 2.75. The Kier molecular flexibility index (Phi) is 2.94. The summed E-state index contributed by atoms with van der Waals surface area (Å²) in [6.45, 7) is 0. The van der Waals surface area contributed by atoms with Gasteiger partial charge < -0.3 is 0 Å². The molecule has 0 radical (unpaired) electrons. The first kappa shape index (κ1) is 11.5. The molecular weight excluding hydrogens is 307 g/mol. The predicted molar refractivity (Wildman–Crippen MR) is 55.8 cm³/mol. The summed E-state index contributed by atoms with van der Waals surface area (Å²) in [6, 6.07) is 1.54. The van der Waals surface area contributed by atoms with Crippen LogP contribution in [0.1, 0.15) is 5.01 Å². The molecule has 0 amide bonds. The third-order valence-corrected chi connectivity index (χ3v) is 3.13. The molecule has 8 heteroatoms. The van der Waals surface area contributed by atoms with Gasteiger partial charge >= 0.3 is 6.18 Å². The van der Waals surface area contributed by atoms with Gasteiger partial charge in [0.1, 0.15) is 10.9 Å². The van der Waals surface area contributed by atoms with Crippen molar-refractivity contribution in [2.45, 2.75) is 6.18 Å². The van der Waals surface area contributed by atoms with Gasteiger partial charge in [-0.25, -0.2) is 15.0 Å². The Bertz CT molecular complexity index is 511. The molecule has 2 aromatic rings. The largest absolute Gasteiger partial charge is 0.443 e. The minimum atomic E-state index is -4.41. The van der Waals surface area contributed by atoms with Gasteiger partial charge in [-0.2, -0.15) is 13.2 Å². The predicted octanol–water partition coefficient (Wildman–Crippen LogP) is 3.38. The second kappa shape index (κ2) is 4.10. The molecule has 0 atom stereocenters. The summed E-state index contributed by atoms with van der Waals surface area (Å²) < 4.78 is 37.4. The zero-order chi connectivity index (χ0) is 11.8. The van der Waals surface area contributed by atoms with E-state index in [4.69, 9.17) is 0 Å². The number of halogens is 4. The van der Waals surface area contributed by atoms with E-state index >= 15 is 0 Å². The van der Waals surface area contributed by atoms with Crippen molar-refractivity contribution in [2.24, 2.45) is 0 Å². The van der Waals surface area contributed by atoms with Crippen molar-refractivity contribution in [1.29, 1.82) is 0 Å². The average Bonchev–Trinajstić information content (AvgIpc) is 2.65.